The third kappa shape index (κ3) is 4.19. The van der Waals surface area contributed by atoms with Gasteiger partial charge in [-0.05, 0) is 49.7 Å². The molecule has 1 aromatic carbocycles. The van der Waals surface area contributed by atoms with Crippen molar-refractivity contribution in [2.45, 2.75) is 24.8 Å². The molecule has 0 bridgehead atoms. The molecule has 0 spiro atoms. The van der Waals surface area contributed by atoms with Gasteiger partial charge in [0.05, 0.1) is 0 Å². The zero-order valence-electron chi connectivity index (χ0n) is 15.2. The van der Waals surface area contributed by atoms with E-state index in [4.69, 9.17) is 11.6 Å². The SMILES string of the molecule is CCN(CC)c1ccc(-c2nnc(SCc3ccc(Cl)nc3)n2C)cc1. The van der Waals surface area contributed by atoms with E-state index in [1.165, 1.54) is 5.69 Å². The first-order valence-electron chi connectivity index (χ1n) is 8.60. The molecule has 5 nitrogen and oxygen atoms in total. The number of pyridine rings is 1. The molecule has 0 fully saturated rings. The Morgan fingerprint density at radius 2 is 1.77 bits per heavy atom. The van der Waals surface area contributed by atoms with Crippen LogP contribution in [0.5, 0.6) is 0 Å². The summed E-state index contributed by atoms with van der Waals surface area (Å²) >= 11 is 7.46. The van der Waals surface area contributed by atoms with Crippen molar-refractivity contribution in [1.29, 1.82) is 0 Å². The van der Waals surface area contributed by atoms with Crippen LogP contribution in [0, 0.1) is 0 Å². The van der Waals surface area contributed by atoms with E-state index in [-0.39, 0.29) is 0 Å². The molecule has 0 atom stereocenters. The Kier molecular flexibility index (Phi) is 6.16. The maximum Gasteiger partial charge on any atom is 0.191 e. The smallest absolute Gasteiger partial charge is 0.191 e. The third-order valence-corrected chi connectivity index (χ3v) is 5.56. The van der Waals surface area contributed by atoms with E-state index in [0.717, 1.165) is 41.0 Å². The summed E-state index contributed by atoms with van der Waals surface area (Å²) in [5, 5.41) is 10.1. The van der Waals surface area contributed by atoms with Gasteiger partial charge < -0.3 is 9.47 Å². The highest BCUT2D eigenvalue weighted by Crippen LogP contribution is 2.26. The average molecular weight is 388 g/mol. The standard InChI is InChI=1S/C19H22ClN5S/c1-4-25(5-2)16-9-7-15(8-10-16)18-22-23-19(24(18)3)26-13-14-6-11-17(20)21-12-14/h6-12H,4-5,13H2,1-3H3. The minimum absolute atomic E-state index is 0.507. The summed E-state index contributed by atoms with van der Waals surface area (Å²) in [5.74, 6) is 1.64. The normalized spacial score (nSPS) is 10.9. The third-order valence-electron chi connectivity index (χ3n) is 4.25. The fourth-order valence-electron chi connectivity index (χ4n) is 2.74. The van der Waals surface area contributed by atoms with Gasteiger partial charge in [0.2, 0.25) is 0 Å². The maximum absolute atomic E-state index is 5.83. The van der Waals surface area contributed by atoms with Crippen molar-refractivity contribution in [3.63, 3.8) is 0 Å². The zero-order chi connectivity index (χ0) is 18.5. The van der Waals surface area contributed by atoms with Crippen LogP contribution in [0.1, 0.15) is 19.4 Å². The summed E-state index contributed by atoms with van der Waals surface area (Å²) in [6.45, 7) is 6.33. The molecule has 0 N–H and O–H groups in total. The minimum Gasteiger partial charge on any atom is -0.372 e. The Hall–Kier alpha value is -2.05. The summed E-state index contributed by atoms with van der Waals surface area (Å²) in [5.41, 5.74) is 3.40. The number of rotatable bonds is 7. The van der Waals surface area contributed by atoms with Crippen molar-refractivity contribution in [2.24, 2.45) is 7.05 Å². The van der Waals surface area contributed by atoms with E-state index < -0.39 is 0 Å². The van der Waals surface area contributed by atoms with Crippen LogP contribution in [0.25, 0.3) is 11.4 Å². The second-order valence-corrected chi connectivity index (χ2v) is 7.19. The molecule has 0 aliphatic carbocycles. The molecule has 0 aliphatic heterocycles. The van der Waals surface area contributed by atoms with E-state index in [2.05, 4.69) is 58.2 Å². The highest BCUT2D eigenvalue weighted by molar-refractivity contribution is 7.98. The number of aromatic nitrogens is 4. The van der Waals surface area contributed by atoms with Crippen LogP contribution in [-0.2, 0) is 12.8 Å². The van der Waals surface area contributed by atoms with Crippen LogP contribution in [0.3, 0.4) is 0 Å². The summed E-state index contributed by atoms with van der Waals surface area (Å²) in [4.78, 5) is 6.43. The monoisotopic (exact) mass is 387 g/mol. The van der Waals surface area contributed by atoms with Gasteiger partial charge in [-0.2, -0.15) is 0 Å². The maximum atomic E-state index is 5.83. The summed E-state index contributed by atoms with van der Waals surface area (Å²) in [7, 11) is 2.00. The summed E-state index contributed by atoms with van der Waals surface area (Å²) in [6.07, 6.45) is 1.79. The first-order chi connectivity index (χ1) is 12.6. The molecule has 0 saturated heterocycles. The summed E-state index contributed by atoms with van der Waals surface area (Å²) in [6, 6.07) is 12.3. The molecule has 0 radical (unpaired) electrons. The fourth-order valence-corrected chi connectivity index (χ4v) is 3.70. The molecule has 136 valence electrons. The Morgan fingerprint density at radius 1 is 1.04 bits per heavy atom. The minimum atomic E-state index is 0.507. The van der Waals surface area contributed by atoms with Gasteiger partial charge in [0.1, 0.15) is 5.15 Å². The van der Waals surface area contributed by atoms with Gasteiger partial charge in [-0.1, -0.05) is 29.4 Å². The van der Waals surface area contributed by atoms with Gasteiger partial charge in [-0.3, -0.25) is 0 Å². The second-order valence-electron chi connectivity index (χ2n) is 5.86. The topological polar surface area (TPSA) is 46.8 Å². The van der Waals surface area contributed by atoms with Gasteiger partial charge in [-0.15, -0.1) is 10.2 Å². The lowest BCUT2D eigenvalue weighted by Gasteiger charge is -2.21. The molecular weight excluding hydrogens is 366 g/mol. The molecule has 26 heavy (non-hydrogen) atoms. The second kappa shape index (κ2) is 8.56. The highest BCUT2D eigenvalue weighted by atomic mass is 35.5. The predicted octanol–water partition coefficient (Wildman–Crippen LogP) is 4.67. The molecule has 2 aromatic heterocycles. The molecule has 0 amide bonds. The molecule has 3 aromatic rings. The van der Waals surface area contributed by atoms with Crippen molar-refractivity contribution >= 4 is 29.1 Å². The fraction of sp³-hybridized carbons (Fsp3) is 0.316. The van der Waals surface area contributed by atoms with Gasteiger partial charge in [0.25, 0.3) is 0 Å². The Bertz CT molecular complexity index is 841. The van der Waals surface area contributed by atoms with Crippen LogP contribution in [0.4, 0.5) is 5.69 Å². The first kappa shape index (κ1) is 18.7. The molecular formula is C19H22ClN5S. The highest BCUT2D eigenvalue weighted by Gasteiger charge is 2.12. The van der Waals surface area contributed by atoms with Crippen LogP contribution >= 0.6 is 23.4 Å². The number of halogens is 1. The number of nitrogens with zero attached hydrogens (tertiary/aromatic N) is 5. The molecule has 7 heteroatoms. The number of benzene rings is 1. The number of anilines is 1. The lowest BCUT2D eigenvalue weighted by Crippen LogP contribution is -2.21. The average Bonchev–Trinajstić information content (AvgIpc) is 3.03. The van der Waals surface area contributed by atoms with Gasteiger partial charge in [0, 0.05) is 43.3 Å². The first-order valence-corrected chi connectivity index (χ1v) is 9.96. The van der Waals surface area contributed by atoms with Gasteiger partial charge in [-0.25, -0.2) is 4.98 Å². The number of thioether (sulfide) groups is 1. The Balaban J connectivity index is 1.73. The molecule has 0 aliphatic rings. The van der Waals surface area contributed by atoms with E-state index in [0.29, 0.717) is 5.15 Å². The van der Waals surface area contributed by atoms with Gasteiger partial charge >= 0.3 is 0 Å². The summed E-state index contributed by atoms with van der Waals surface area (Å²) < 4.78 is 2.03. The molecule has 0 unspecified atom stereocenters. The van der Waals surface area contributed by atoms with Crippen molar-refractivity contribution < 1.29 is 0 Å². The molecule has 2 heterocycles. The van der Waals surface area contributed by atoms with E-state index >= 15 is 0 Å². The lowest BCUT2D eigenvalue weighted by molar-refractivity contribution is 0.793. The van der Waals surface area contributed by atoms with Crippen molar-refractivity contribution in [1.82, 2.24) is 19.7 Å². The van der Waals surface area contributed by atoms with E-state index in [1.807, 2.05) is 17.7 Å². The van der Waals surface area contributed by atoms with Gasteiger partial charge in [0.15, 0.2) is 11.0 Å². The van der Waals surface area contributed by atoms with Crippen LogP contribution in [0.2, 0.25) is 5.15 Å². The zero-order valence-corrected chi connectivity index (χ0v) is 16.8. The van der Waals surface area contributed by atoms with Crippen molar-refractivity contribution in [3.05, 3.63) is 53.3 Å². The lowest BCUT2D eigenvalue weighted by atomic mass is 10.2. The Labute approximate surface area is 163 Å². The quantitative estimate of drug-likeness (QED) is 0.435. The molecule has 0 saturated carbocycles. The van der Waals surface area contributed by atoms with Crippen LogP contribution < -0.4 is 4.90 Å². The van der Waals surface area contributed by atoms with Crippen LogP contribution in [-0.4, -0.2) is 32.8 Å². The van der Waals surface area contributed by atoms with Crippen molar-refractivity contribution in [3.8, 4) is 11.4 Å². The number of hydrogen-bond acceptors (Lipinski definition) is 5. The van der Waals surface area contributed by atoms with E-state index in [9.17, 15) is 0 Å². The van der Waals surface area contributed by atoms with E-state index in [1.54, 1.807) is 24.0 Å². The Morgan fingerprint density at radius 3 is 2.38 bits per heavy atom. The largest absolute Gasteiger partial charge is 0.372 e. The number of hydrogen-bond donors (Lipinski definition) is 0. The molecule has 3 rings (SSSR count). The van der Waals surface area contributed by atoms with Crippen LogP contribution in [0.15, 0.2) is 47.8 Å². The predicted molar refractivity (Wildman–Crippen MR) is 109 cm³/mol. The van der Waals surface area contributed by atoms with Crippen molar-refractivity contribution in [2.75, 3.05) is 18.0 Å².